The van der Waals surface area contributed by atoms with Gasteiger partial charge in [0.25, 0.3) is 5.56 Å². The lowest BCUT2D eigenvalue weighted by Crippen LogP contribution is -2.32. The van der Waals surface area contributed by atoms with E-state index in [-0.39, 0.29) is 17.6 Å². The summed E-state index contributed by atoms with van der Waals surface area (Å²) in [4.78, 5) is 30.4. The summed E-state index contributed by atoms with van der Waals surface area (Å²) in [6.07, 6.45) is 0.712. The maximum absolute atomic E-state index is 13.7. The van der Waals surface area contributed by atoms with Crippen LogP contribution in [0.25, 0.3) is 11.4 Å². The molecule has 0 bridgehead atoms. The Hall–Kier alpha value is -3.32. The maximum atomic E-state index is 13.7. The minimum Gasteiger partial charge on any atom is -0.497 e. The van der Waals surface area contributed by atoms with Crippen LogP contribution < -0.4 is 15.6 Å². The lowest BCUT2D eigenvalue weighted by atomic mass is 10.1. The molecule has 0 fully saturated rings. The Kier molecular flexibility index (Phi) is 6.93. The standard InChI is InChI=1S/C26H28ClN3O4/c1-5-21-24(29-23-18-10-8-7-9-16(18)13-22(23)34-15(3)31)26(32)30(6-2)25(28-21)19-12-11-17(33-4)14-20(19)27/h7-12,14,22-23,29H,5-6,13H2,1-4H3. The summed E-state index contributed by atoms with van der Waals surface area (Å²) in [7, 11) is 1.57. The molecule has 0 amide bonds. The highest BCUT2D eigenvalue weighted by Gasteiger charge is 2.36. The zero-order chi connectivity index (χ0) is 24.4. The van der Waals surface area contributed by atoms with Crippen LogP contribution in [0.4, 0.5) is 5.69 Å². The Balaban J connectivity index is 1.81. The average Bonchev–Trinajstić information content (AvgIpc) is 3.16. The number of fused-ring (bicyclic) bond motifs is 1. The molecular formula is C26H28ClN3O4. The Bertz CT molecular complexity index is 1290. The molecule has 0 spiro atoms. The first-order valence-corrected chi connectivity index (χ1v) is 11.7. The Labute approximate surface area is 203 Å². The molecule has 0 saturated carbocycles. The van der Waals surface area contributed by atoms with Crippen LogP contribution >= 0.6 is 11.6 Å². The highest BCUT2D eigenvalue weighted by Crippen LogP contribution is 2.37. The molecule has 0 saturated heterocycles. The molecule has 7 nitrogen and oxygen atoms in total. The molecular weight excluding hydrogens is 454 g/mol. The van der Waals surface area contributed by atoms with E-state index in [9.17, 15) is 9.59 Å². The van der Waals surface area contributed by atoms with E-state index in [1.165, 1.54) is 6.92 Å². The normalized spacial score (nSPS) is 16.7. The lowest BCUT2D eigenvalue weighted by molar-refractivity contribution is -0.146. The minimum absolute atomic E-state index is 0.192. The van der Waals surface area contributed by atoms with E-state index in [2.05, 4.69) is 5.32 Å². The van der Waals surface area contributed by atoms with E-state index in [4.69, 9.17) is 26.1 Å². The molecule has 2 aromatic carbocycles. The first-order chi connectivity index (χ1) is 16.4. The number of carbonyl (C=O) groups excluding carboxylic acids is 1. The number of methoxy groups -OCH3 is 1. The molecule has 1 aliphatic carbocycles. The smallest absolute Gasteiger partial charge is 0.302 e. The third-order valence-corrected chi connectivity index (χ3v) is 6.43. The topological polar surface area (TPSA) is 82.5 Å². The summed E-state index contributed by atoms with van der Waals surface area (Å²) >= 11 is 6.52. The Morgan fingerprint density at radius 2 is 2.00 bits per heavy atom. The van der Waals surface area contributed by atoms with Gasteiger partial charge in [0, 0.05) is 25.5 Å². The van der Waals surface area contributed by atoms with Crippen LogP contribution in [0, 0.1) is 0 Å². The number of ether oxygens (including phenoxy) is 2. The van der Waals surface area contributed by atoms with Crippen LogP contribution in [0.15, 0.2) is 47.3 Å². The van der Waals surface area contributed by atoms with E-state index >= 15 is 0 Å². The van der Waals surface area contributed by atoms with Crippen LogP contribution in [0.3, 0.4) is 0 Å². The largest absolute Gasteiger partial charge is 0.497 e. The monoisotopic (exact) mass is 481 g/mol. The number of halogens is 1. The summed E-state index contributed by atoms with van der Waals surface area (Å²) in [5.74, 6) is 0.782. The molecule has 1 aliphatic rings. The summed E-state index contributed by atoms with van der Waals surface area (Å²) in [6, 6.07) is 12.9. The van der Waals surface area contributed by atoms with Gasteiger partial charge in [-0.2, -0.15) is 0 Å². The third kappa shape index (κ3) is 4.40. The van der Waals surface area contributed by atoms with Crippen molar-refractivity contribution in [3.8, 4) is 17.1 Å². The van der Waals surface area contributed by atoms with Gasteiger partial charge in [-0.05, 0) is 42.7 Å². The minimum atomic E-state index is -0.412. The fourth-order valence-electron chi connectivity index (χ4n) is 4.51. The molecule has 1 N–H and O–H groups in total. The number of carbonyl (C=O) groups is 1. The lowest BCUT2D eigenvalue weighted by Gasteiger charge is -2.24. The molecule has 0 aliphatic heterocycles. The van der Waals surface area contributed by atoms with Gasteiger partial charge in [-0.25, -0.2) is 4.98 Å². The average molecular weight is 482 g/mol. The van der Waals surface area contributed by atoms with Crippen molar-refractivity contribution in [2.24, 2.45) is 0 Å². The van der Waals surface area contributed by atoms with Gasteiger partial charge in [0.2, 0.25) is 0 Å². The number of aryl methyl sites for hydroxylation is 1. The van der Waals surface area contributed by atoms with E-state index in [0.29, 0.717) is 52.9 Å². The van der Waals surface area contributed by atoms with Crippen molar-refractivity contribution in [1.29, 1.82) is 0 Å². The second-order valence-electron chi connectivity index (χ2n) is 8.18. The first kappa shape index (κ1) is 23.8. The fourth-order valence-corrected chi connectivity index (χ4v) is 4.77. The number of hydrogen-bond donors (Lipinski definition) is 1. The Morgan fingerprint density at radius 1 is 1.24 bits per heavy atom. The number of hydrogen-bond acceptors (Lipinski definition) is 6. The van der Waals surface area contributed by atoms with Crippen LogP contribution in [0.1, 0.15) is 43.6 Å². The molecule has 8 heteroatoms. The molecule has 2 unspecified atom stereocenters. The SMILES string of the molecule is CCc1nc(-c2ccc(OC)cc2Cl)n(CC)c(=O)c1NC1c2ccccc2CC1OC(C)=O. The van der Waals surface area contributed by atoms with E-state index in [0.717, 1.165) is 11.1 Å². The maximum Gasteiger partial charge on any atom is 0.302 e. The number of esters is 1. The highest BCUT2D eigenvalue weighted by molar-refractivity contribution is 6.33. The number of benzene rings is 2. The van der Waals surface area contributed by atoms with Gasteiger partial charge < -0.3 is 14.8 Å². The van der Waals surface area contributed by atoms with Crippen molar-refractivity contribution >= 4 is 23.3 Å². The van der Waals surface area contributed by atoms with Gasteiger partial charge >= 0.3 is 5.97 Å². The van der Waals surface area contributed by atoms with Gasteiger partial charge in [0.15, 0.2) is 0 Å². The van der Waals surface area contributed by atoms with Gasteiger partial charge in [0.05, 0.1) is 23.9 Å². The van der Waals surface area contributed by atoms with E-state index in [1.54, 1.807) is 23.8 Å². The molecule has 178 valence electrons. The molecule has 1 aromatic heterocycles. The van der Waals surface area contributed by atoms with Crippen LogP contribution in [0.2, 0.25) is 5.02 Å². The van der Waals surface area contributed by atoms with Crippen LogP contribution in [-0.4, -0.2) is 28.7 Å². The van der Waals surface area contributed by atoms with Crippen molar-refractivity contribution in [2.45, 2.75) is 52.3 Å². The number of aromatic nitrogens is 2. The predicted molar refractivity (Wildman–Crippen MR) is 133 cm³/mol. The van der Waals surface area contributed by atoms with Crippen molar-refractivity contribution in [1.82, 2.24) is 9.55 Å². The van der Waals surface area contributed by atoms with Crippen molar-refractivity contribution in [3.05, 3.63) is 74.7 Å². The fraction of sp³-hybridized carbons (Fsp3) is 0.346. The van der Waals surface area contributed by atoms with Crippen LogP contribution in [0.5, 0.6) is 5.75 Å². The first-order valence-electron chi connectivity index (χ1n) is 11.4. The number of anilines is 1. The molecule has 0 radical (unpaired) electrons. The Morgan fingerprint density at radius 3 is 2.65 bits per heavy atom. The molecule has 1 heterocycles. The second-order valence-corrected chi connectivity index (χ2v) is 8.59. The van der Waals surface area contributed by atoms with Crippen molar-refractivity contribution in [3.63, 3.8) is 0 Å². The molecule has 3 aromatic rings. The zero-order valence-electron chi connectivity index (χ0n) is 19.7. The van der Waals surface area contributed by atoms with E-state index in [1.807, 2.05) is 44.2 Å². The number of nitrogens with zero attached hydrogens (tertiary/aromatic N) is 2. The number of rotatable bonds is 7. The van der Waals surface area contributed by atoms with Gasteiger partial charge in [-0.1, -0.05) is 42.8 Å². The molecule has 34 heavy (non-hydrogen) atoms. The summed E-state index contributed by atoms with van der Waals surface area (Å²) in [6.45, 7) is 5.66. The van der Waals surface area contributed by atoms with E-state index < -0.39 is 6.10 Å². The summed E-state index contributed by atoms with van der Waals surface area (Å²) in [5, 5.41) is 3.86. The quantitative estimate of drug-likeness (QED) is 0.488. The second kappa shape index (κ2) is 9.89. The molecule has 4 rings (SSSR count). The highest BCUT2D eigenvalue weighted by atomic mass is 35.5. The zero-order valence-corrected chi connectivity index (χ0v) is 20.5. The third-order valence-electron chi connectivity index (χ3n) is 6.11. The summed E-state index contributed by atoms with van der Waals surface area (Å²) < 4.78 is 12.5. The van der Waals surface area contributed by atoms with Gasteiger partial charge in [-0.3, -0.25) is 14.2 Å². The van der Waals surface area contributed by atoms with Crippen molar-refractivity contribution in [2.75, 3.05) is 12.4 Å². The van der Waals surface area contributed by atoms with Crippen LogP contribution in [-0.2, 0) is 28.9 Å². The van der Waals surface area contributed by atoms with Crippen molar-refractivity contribution < 1.29 is 14.3 Å². The predicted octanol–water partition coefficient (Wildman–Crippen LogP) is 4.80. The number of nitrogens with one attached hydrogen (secondary N) is 1. The van der Waals surface area contributed by atoms with Gasteiger partial charge in [0.1, 0.15) is 23.4 Å². The molecule has 2 atom stereocenters. The summed E-state index contributed by atoms with van der Waals surface area (Å²) in [5.41, 5.74) is 3.61. The van der Waals surface area contributed by atoms with Gasteiger partial charge in [-0.15, -0.1) is 0 Å².